The van der Waals surface area contributed by atoms with E-state index in [1.54, 1.807) is 0 Å². The molecule has 0 saturated carbocycles. The van der Waals surface area contributed by atoms with Crippen LogP contribution >= 0.6 is 15.9 Å². The van der Waals surface area contributed by atoms with Crippen molar-refractivity contribution < 1.29 is 23.1 Å². The van der Waals surface area contributed by atoms with Gasteiger partial charge >= 0.3 is 11.9 Å². The molecule has 1 aromatic carbocycles. The molecule has 86 valence electrons. The summed E-state index contributed by atoms with van der Waals surface area (Å²) in [5.41, 5.74) is -0.316. The van der Waals surface area contributed by atoms with Crippen LogP contribution in [0.1, 0.15) is 0 Å². The van der Waals surface area contributed by atoms with Gasteiger partial charge in [0.2, 0.25) is 0 Å². The molecule has 4 nitrogen and oxygen atoms in total. The predicted octanol–water partition coefficient (Wildman–Crippen LogP) is 1.84. The summed E-state index contributed by atoms with van der Waals surface area (Å²) in [5, 5.41) is 1.94. The number of carbonyl (C=O) groups excluding carboxylic acids is 2. The summed E-state index contributed by atoms with van der Waals surface area (Å²) in [6, 6.07) is 1.59. The van der Waals surface area contributed by atoms with Gasteiger partial charge in [0.15, 0.2) is 0 Å². The molecule has 7 heteroatoms. The molecule has 0 aromatic heterocycles. The number of benzene rings is 1. The number of ether oxygens (including phenoxy) is 1. The third-order valence-electron chi connectivity index (χ3n) is 1.63. The zero-order valence-corrected chi connectivity index (χ0v) is 9.60. The topological polar surface area (TPSA) is 55.4 Å². The number of rotatable bonds is 1. The summed E-state index contributed by atoms with van der Waals surface area (Å²) in [5.74, 6) is -4.11. The fourth-order valence-corrected chi connectivity index (χ4v) is 1.23. The molecule has 0 bridgehead atoms. The minimum absolute atomic E-state index is 0.0333. The van der Waals surface area contributed by atoms with Crippen LogP contribution in [0.2, 0.25) is 0 Å². The lowest BCUT2D eigenvalue weighted by Crippen LogP contribution is -2.24. The second-order valence-corrected chi connectivity index (χ2v) is 3.55. The molecule has 0 aliphatic rings. The fraction of sp³-hybridized carbons (Fsp3) is 0.111. The quantitative estimate of drug-likeness (QED) is 0.488. The molecule has 1 aromatic rings. The summed E-state index contributed by atoms with van der Waals surface area (Å²) in [7, 11) is 1.01. The van der Waals surface area contributed by atoms with Crippen LogP contribution in [0.5, 0.6) is 0 Å². The van der Waals surface area contributed by atoms with Gasteiger partial charge in [0.05, 0.1) is 17.3 Å². The average molecular weight is 294 g/mol. The second kappa shape index (κ2) is 5.02. The number of nitrogens with one attached hydrogen (secondary N) is 1. The van der Waals surface area contributed by atoms with Gasteiger partial charge in [0.25, 0.3) is 0 Å². The molecule has 0 spiro atoms. The van der Waals surface area contributed by atoms with Crippen LogP contribution in [0.15, 0.2) is 16.6 Å². The van der Waals surface area contributed by atoms with Crippen molar-refractivity contribution in [1.29, 1.82) is 0 Å². The van der Waals surface area contributed by atoms with Crippen molar-refractivity contribution in [2.75, 3.05) is 12.4 Å². The van der Waals surface area contributed by atoms with Crippen molar-refractivity contribution in [3.63, 3.8) is 0 Å². The normalized spacial score (nSPS) is 9.75. The number of methoxy groups -OCH3 is 1. The van der Waals surface area contributed by atoms with E-state index in [4.69, 9.17) is 0 Å². The van der Waals surface area contributed by atoms with Crippen molar-refractivity contribution in [3.8, 4) is 0 Å². The first-order valence-electron chi connectivity index (χ1n) is 3.99. The number of halogens is 3. The lowest BCUT2D eigenvalue weighted by atomic mass is 10.3. The van der Waals surface area contributed by atoms with E-state index >= 15 is 0 Å². The highest BCUT2D eigenvalue weighted by Crippen LogP contribution is 2.23. The first-order valence-corrected chi connectivity index (χ1v) is 4.79. The van der Waals surface area contributed by atoms with Crippen molar-refractivity contribution in [1.82, 2.24) is 0 Å². The number of carbonyl (C=O) groups is 2. The van der Waals surface area contributed by atoms with E-state index in [1.165, 1.54) is 0 Å². The van der Waals surface area contributed by atoms with E-state index in [1.807, 2.05) is 5.32 Å². The van der Waals surface area contributed by atoms with Crippen LogP contribution in [0.4, 0.5) is 14.5 Å². The molecule has 0 radical (unpaired) electrons. The van der Waals surface area contributed by atoms with Gasteiger partial charge in [-0.25, -0.2) is 13.6 Å². The average Bonchev–Trinajstić information content (AvgIpc) is 2.24. The molecule has 0 atom stereocenters. The van der Waals surface area contributed by atoms with E-state index in [0.29, 0.717) is 6.07 Å². The molecule has 1 N–H and O–H groups in total. The van der Waals surface area contributed by atoms with Crippen molar-refractivity contribution in [3.05, 3.63) is 28.2 Å². The Balaban J connectivity index is 2.94. The van der Waals surface area contributed by atoms with Crippen molar-refractivity contribution in [2.45, 2.75) is 0 Å². The Hall–Kier alpha value is -1.50. The second-order valence-electron chi connectivity index (χ2n) is 2.69. The molecule has 0 aliphatic heterocycles. The number of hydrogen-bond acceptors (Lipinski definition) is 3. The number of amides is 1. The van der Waals surface area contributed by atoms with E-state index in [-0.39, 0.29) is 10.2 Å². The van der Waals surface area contributed by atoms with Gasteiger partial charge in [-0.05, 0) is 22.0 Å². The third kappa shape index (κ3) is 2.75. The third-order valence-corrected chi connectivity index (χ3v) is 2.24. The van der Waals surface area contributed by atoms with Crippen LogP contribution in [0.25, 0.3) is 0 Å². The van der Waals surface area contributed by atoms with Crippen LogP contribution in [0.3, 0.4) is 0 Å². The fourth-order valence-electron chi connectivity index (χ4n) is 0.884. The maximum absolute atomic E-state index is 13.1. The van der Waals surface area contributed by atoms with Crippen molar-refractivity contribution >= 4 is 33.5 Å². The number of hydrogen-bond donors (Lipinski definition) is 1. The van der Waals surface area contributed by atoms with E-state index in [0.717, 1.165) is 13.2 Å². The Morgan fingerprint density at radius 2 is 1.94 bits per heavy atom. The predicted molar refractivity (Wildman–Crippen MR) is 54.7 cm³/mol. The molecule has 0 saturated heterocycles. The Labute approximate surface area is 97.7 Å². The van der Waals surface area contributed by atoms with Crippen molar-refractivity contribution in [2.24, 2.45) is 0 Å². The van der Waals surface area contributed by atoms with Gasteiger partial charge in [-0.1, -0.05) is 0 Å². The van der Waals surface area contributed by atoms with Crippen LogP contribution in [-0.2, 0) is 14.3 Å². The lowest BCUT2D eigenvalue weighted by molar-refractivity contribution is -0.150. The van der Waals surface area contributed by atoms with Gasteiger partial charge in [-0.2, -0.15) is 0 Å². The molecule has 1 amide bonds. The summed E-state index contributed by atoms with van der Waals surface area (Å²) in [6.45, 7) is 0. The minimum Gasteiger partial charge on any atom is -0.462 e. The Morgan fingerprint density at radius 1 is 1.31 bits per heavy atom. The molecule has 0 aliphatic carbocycles. The SMILES string of the molecule is COC(=O)C(=O)Nc1cc(Br)c(F)cc1F. The van der Waals surface area contributed by atoms with Gasteiger partial charge in [-0.15, -0.1) is 0 Å². The van der Waals surface area contributed by atoms with E-state index in [9.17, 15) is 18.4 Å². The first-order chi connectivity index (χ1) is 7.45. The molecule has 0 heterocycles. The van der Waals surface area contributed by atoms with Crippen LogP contribution in [-0.4, -0.2) is 19.0 Å². The number of anilines is 1. The highest BCUT2D eigenvalue weighted by Gasteiger charge is 2.17. The van der Waals surface area contributed by atoms with Gasteiger partial charge in [-0.3, -0.25) is 4.79 Å². The maximum atomic E-state index is 13.1. The van der Waals surface area contributed by atoms with E-state index in [2.05, 4.69) is 20.7 Å². The first kappa shape index (κ1) is 12.6. The summed E-state index contributed by atoms with van der Waals surface area (Å²) in [4.78, 5) is 21.8. The van der Waals surface area contributed by atoms with Gasteiger partial charge in [0, 0.05) is 6.07 Å². The van der Waals surface area contributed by atoms with Gasteiger partial charge < -0.3 is 10.1 Å². The highest BCUT2D eigenvalue weighted by molar-refractivity contribution is 9.10. The van der Waals surface area contributed by atoms with Crippen LogP contribution in [0, 0.1) is 11.6 Å². The maximum Gasteiger partial charge on any atom is 0.396 e. The largest absolute Gasteiger partial charge is 0.462 e. The molecule has 16 heavy (non-hydrogen) atoms. The number of esters is 1. The smallest absolute Gasteiger partial charge is 0.396 e. The minimum atomic E-state index is -1.17. The molecule has 0 fully saturated rings. The zero-order chi connectivity index (χ0) is 12.3. The monoisotopic (exact) mass is 293 g/mol. The summed E-state index contributed by atoms with van der Waals surface area (Å²) in [6.07, 6.45) is 0. The van der Waals surface area contributed by atoms with E-state index < -0.39 is 23.5 Å². The Kier molecular flexibility index (Phi) is 3.94. The molecular weight excluding hydrogens is 288 g/mol. The Bertz CT molecular complexity index is 451. The summed E-state index contributed by atoms with van der Waals surface area (Å²) < 4.78 is 30.0. The summed E-state index contributed by atoms with van der Waals surface area (Å²) >= 11 is 2.82. The highest BCUT2D eigenvalue weighted by atomic mass is 79.9. The standard InChI is InChI=1S/C9H6BrF2NO3/c1-16-9(15)8(14)13-7-2-4(10)5(11)3-6(7)12/h2-3H,1H3,(H,13,14). The van der Waals surface area contributed by atoms with Crippen LogP contribution < -0.4 is 5.32 Å². The lowest BCUT2D eigenvalue weighted by Gasteiger charge is -2.05. The molecular formula is C9H6BrF2NO3. The zero-order valence-electron chi connectivity index (χ0n) is 8.01. The Morgan fingerprint density at radius 3 is 2.50 bits per heavy atom. The molecule has 0 unspecified atom stereocenters. The molecule has 1 rings (SSSR count). The van der Waals surface area contributed by atoms with Gasteiger partial charge in [0.1, 0.15) is 11.6 Å².